The molecule has 5 heteroatoms. The molecule has 2 heterocycles. The SMILES string of the molecule is C[C@@H](OC(=O)c1cn2ccccc2n1)C(=O)c1ccc(C(C)(C)C)cc1. The number of pyridine rings is 1. The number of hydrogen-bond donors (Lipinski definition) is 0. The monoisotopic (exact) mass is 350 g/mol. The summed E-state index contributed by atoms with van der Waals surface area (Å²) >= 11 is 0. The molecule has 0 aliphatic rings. The highest BCUT2D eigenvalue weighted by Crippen LogP contribution is 2.22. The highest BCUT2D eigenvalue weighted by molar-refractivity contribution is 6.01. The Morgan fingerprint density at radius 3 is 2.38 bits per heavy atom. The molecule has 0 aliphatic carbocycles. The van der Waals surface area contributed by atoms with Gasteiger partial charge in [-0.25, -0.2) is 9.78 Å². The van der Waals surface area contributed by atoms with Crippen LogP contribution in [0.1, 0.15) is 54.1 Å². The molecule has 3 rings (SSSR count). The summed E-state index contributed by atoms with van der Waals surface area (Å²) < 4.78 is 7.05. The number of benzene rings is 1. The molecule has 1 atom stereocenters. The smallest absolute Gasteiger partial charge is 0.359 e. The van der Waals surface area contributed by atoms with E-state index >= 15 is 0 Å². The van der Waals surface area contributed by atoms with Crippen molar-refractivity contribution in [3.8, 4) is 0 Å². The molecular formula is C21H22N2O3. The van der Waals surface area contributed by atoms with Crippen molar-refractivity contribution in [3.63, 3.8) is 0 Å². The minimum atomic E-state index is -0.882. The molecule has 5 nitrogen and oxygen atoms in total. The molecule has 0 fully saturated rings. The molecule has 0 saturated carbocycles. The Hall–Kier alpha value is -2.95. The maximum absolute atomic E-state index is 12.5. The number of esters is 1. The fraction of sp³-hybridized carbons (Fsp3) is 0.286. The van der Waals surface area contributed by atoms with Crippen LogP contribution in [0.15, 0.2) is 54.9 Å². The molecular weight excluding hydrogens is 328 g/mol. The Labute approximate surface area is 152 Å². The van der Waals surface area contributed by atoms with Gasteiger partial charge in [0.1, 0.15) is 5.65 Å². The average Bonchev–Trinajstić information content (AvgIpc) is 3.04. The summed E-state index contributed by atoms with van der Waals surface area (Å²) in [6.45, 7) is 7.92. The number of Topliss-reactive ketones (excluding diaryl/α,β-unsaturated/α-hetero) is 1. The van der Waals surface area contributed by atoms with Crippen LogP contribution in [0, 0.1) is 0 Å². The Morgan fingerprint density at radius 2 is 1.77 bits per heavy atom. The summed E-state index contributed by atoms with van der Waals surface area (Å²) in [7, 11) is 0. The zero-order valence-corrected chi connectivity index (χ0v) is 15.4. The van der Waals surface area contributed by atoms with E-state index in [9.17, 15) is 9.59 Å². The molecule has 0 bridgehead atoms. The second kappa shape index (κ2) is 6.75. The quantitative estimate of drug-likeness (QED) is 0.526. The van der Waals surface area contributed by atoms with E-state index in [4.69, 9.17) is 4.74 Å². The lowest BCUT2D eigenvalue weighted by molar-refractivity contribution is 0.0314. The number of aromatic nitrogens is 2. The number of ether oxygens (including phenoxy) is 1. The van der Waals surface area contributed by atoms with Crippen molar-refractivity contribution in [2.75, 3.05) is 0 Å². The number of carbonyl (C=O) groups is 2. The molecule has 26 heavy (non-hydrogen) atoms. The third kappa shape index (κ3) is 3.67. The van der Waals surface area contributed by atoms with Crippen LogP contribution in [0.3, 0.4) is 0 Å². The van der Waals surface area contributed by atoms with Gasteiger partial charge in [0.25, 0.3) is 0 Å². The van der Waals surface area contributed by atoms with Gasteiger partial charge in [0.05, 0.1) is 0 Å². The van der Waals surface area contributed by atoms with Gasteiger partial charge >= 0.3 is 5.97 Å². The molecule has 3 aromatic rings. The molecule has 0 aliphatic heterocycles. The maximum Gasteiger partial charge on any atom is 0.359 e. The van der Waals surface area contributed by atoms with Crippen molar-refractivity contribution in [2.45, 2.75) is 39.2 Å². The second-order valence-corrected chi connectivity index (χ2v) is 7.33. The van der Waals surface area contributed by atoms with Gasteiger partial charge in [-0.15, -0.1) is 0 Å². The van der Waals surface area contributed by atoms with Crippen LogP contribution < -0.4 is 0 Å². The fourth-order valence-electron chi connectivity index (χ4n) is 2.68. The van der Waals surface area contributed by atoms with Gasteiger partial charge in [-0.1, -0.05) is 51.1 Å². The summed E-state index contributed by atoms with van der Waals surface area (Å²) in [5.74, 6) is -0.844. The first-order chi connectivity index (χ1) is 12.3. The molecule has 2 aromatic heterocycles. The van der Waals surface area contributed by atoms with E-state index in [1.807, 2.05) is 24.3 Å². The van der Waals surface area contributed by atoms with Gasteiger partial charge in [0.15, 0.2) is 11.8 Å². The molecule has 0 radical (unpaired) electrons. The highest BCUT2D eigenvalue weighted by atomic mass is 16.5. The Bertz CT molecular complexity index is 916. The predicted octanol–water partition coefficient (Wildman–Crippen LogP) is 4.06. The maximum atomic E-state index is 12.5. The predicted molar refractivity (Wildman–Crippen MR) is 99.5 cm³/mol. The van der Waals surface area contributed by atoms with Crippen LogP contribution in [-0.2, 0) is 10.2 Å². The van der Waals surface area contributed by atoms with Gasteiger partial charge in [-0.3, -0.25) is 4.79 Å². The van der Waals surface area contributed by atoms with Crippen molar-refractivity contribution in [1.29, 1.82) is 0 Å². The summed E-state index contributed by atoms with van der Waals surface area (Å²) in [4.78, 5) is 29.1. The fourth-order valence-corrected chi connectivity index (χ4v) is 2.68. The minimum absolute atomic E-state index is 0.0167. The lowest BCUT2D eigenvalue weighted by Gasteiger charge is -2.19. The lowest BCUT2D eigenvalue weighted by Crippen LogP contribution is -2.24. The third-order valence-corrected chi connectivity index (χ3v) is 4.26. The molecule has 0 spiro atoms. The third-order valence-electron chi connectivity index (χ3n) is 4.26. The molecule has 134 valence electrons. The van der Waals surface area contributed by atoms with Gasteiger partial charge in [0, 0.05) is 18.0 Å². The Kier molecular flexibility index (Phi) is 4.64. The summed E-state index contributed by atoms with van der Waals surface area (Å²) in [5, 5.41) is 0. The summed E-state index contributed by atoms with van der Waals surface area (Å²) in [5.41, 5.74) is 2.51. The van der Waals surface area contributed by atoms with Crippen molar-refractivity contribution in [2.24, 2.45) is 0 Å². The molecule has 0 saturated heterocycles. The standard InChI is InChI=1S/C21H22N2O3/c1-14(19(24)15-8-10-16(11-9-15)21(2,3)4)26-20(25)17-13-23-12-6-5-7-18(23)22-17/h5-14H,1-4H3/t14-/m1/s1. The van der Waals surface area contributed by atoms with Crippen LogP contribution in [0.5, 0.6) is 0 Å². The molecule has 1 aromatic carbocycles. The van der Waals surface area contributed by atoms with Crippen LogP contribution in [-0.4, -0.2) is 27.2 Å². The number of hydrogen-bond acceptors (Lipinski definition) is 4. The van der Waals surface area contributed by atoms with Crippen LogP contribution in [0.2, 0.25) is 0 Å². The largest absolute Gasteiger partial charge is 0.449 e. The highest BCUT2D eigenvalue weighted by Gasteiger charge is 2.22. The number of fused-ring (bicyclic) bond motifs is 1. The van der Waals surface area contributed by atoms with Gasteiger partial charge in [-0.2, -0.15) is 0 Å². The second-order valence-electron chi connectivity index (χ2n) is 7.33. The van der Waals surface area contributed by atoms with Crippen molar-refractivity contribution in [3.05, 3.63) is 71.7 Å². The van der Waals surface area contributed by atoms with Crippen LogP contribution in [0.4, 0.5) is 0 Å². The van der Waals surface area contributed by atoms with E-state index in [0.717, 1.165) is 5.56 Å². The van der Waals surface area contributed by atoms with Gasteiger partial charge in [-0.05, 0) is 30.0 Å². The topological polar surface area (TPSA) is 60.7 Å². The van der Waals surface area contributed by atoms with Crippen LogP contribution in [0.25, 0.3) is 5.65 Å². The zero-order valence-electron chi connectivity index (χ0n) is 15.4. The first-order valence-electron chi connectivity index (χ1n) is 8.55. The molecule has 0 unspecified atom stereocenters. The van der Waals surface area contributed by atoms with Gasteiger partial charge < -0.3 is 9.14 Å². The van der Waals surface area contributed by atoms with E-state index in [2.05, 4.69) is 25.8 Å². The zero-order chi connectivity index (χ0) is 18.9. The summed E-state index contributed by atoms with van der Waals surface area (Å²) in [6, 6.07) is 12.9. The number of imidazole rings is 1. The number of rotatable bonds is 4. The van der Waals surface area contributed by atoms with E-state index in [-0.39, 0.29) is 16.9 Å². The average molecular weight is 350 g/mol. The Balaban J connectivity index is 1.71. The molecule has 0 amide bonds. The lowest BCUT2D eigenvalue weighted by atomic mass is 9.86. The van der Waals surface area contributed by atoms with Crippen molar-refractivity contribution < 1.29 is 14.3 Å². The van der Waals surface area contributed by atoms with E-state index in [1.165, 1.54) is 0 Å². The molecule has 0 N–H and O–H groups in total. The number of nitrogens with zero attached hydrogens (tertiary/aromatic N) is 2. The normalized spacial score (nSPS) is 12.8. The number of carbonyl (C=O) groups excluding carboxylic acids is 2. The van der Waals surface area contributed by atoms with E-state index in [0.29, 0.717) is 11.2 Å². The van der Waals surface area contributed by atoms with E-state index in [1.54, 1.807) is 41.9 Å². The minimum Gasteiger partial charge on any atom is -0.449 e. The van der Waals surface area contributed by atoms with E-state index < -0.39 is 12.1 Å². The Morgan fingerprint density at radius 1 is 1.08 bits per heavy atom. The number of ketones is 1. The van der Waals surface area contributed by atoms with Crippen molar-refractivity contribution >= 4 is 17.4 Å². The van der Waals surface area contributed by atoms with Crippen molar-refractivity contribution in [1.82, 2.24) is 9.38 Å². The summed E-state index contributed by atoms with van der Waals surface area (Å²) in [6.07, 6.45) is 2.50. The van der Waals surface area contributed by atoms with Gasteiger partial charge in [0.2, 0.25) is 5.78 Å². The first-order valence-corrected chi connectivity index (χ1v) is 8.55. The first kappa shape index (κ1) is 17.9. The van der Waals surface area contributed by atoms with Crippen LogP contribution >= 0.6 is 0 Å².